The van der Waals surface area contributed by atoms with Crippen molar-refractivity contribution in [3.05, 3.63) is 52.0 Å². The number of methoxy groups -OCH3 is 1. The zero-order chi connectivity index (χ0) is 24.0. The summed E-state index contributed by atoms with van der Waals surface area (Å²) in [6.45, 7) is 5.31. The Balaban J connectivity index is 1.85. The number of morpholine rings is 1. The maximum Gasteiger partial charge on any atom is 0.268 e. The molecule has 11 heteroatoms. The number of nitrogens with one attached hydrogen (secondary N) is 1. The molecule has 0 atom stereocenters. The van der Waals surface area contributed by atoms with Gasteiger partial charge in [-0.15, -0.1) is 0 Å². The fourth-order valence-corrected chi connectivity index (χ4v) is 5.37. The number of carbonyl (C=O) groups is 1. The van der Waals surface area contributed by atoms with E-state index in [1.54, 1.807) is 19.1 Å². The summed E-state index contributed by atoms with van der Waals surface area (Å²) in [6.07, 6.45) is 0. The van der Waals surface area contributed by atoms with Crippen LogP contribution in [0.15, 0.2) is 41.3 Å². The largest absolute Gasteiger partial charge is 0.495 e. The molecule has 1 N–H and O–H groups in total. The van der Waals surface area contributed by atoms with Gasteiger partial charge in [-0.25, -0.2) is 8.42 Å². The molecule has 1 aliphatic heterocycles. The van der Waals surface area contributed by atoms with Crippen molar-refractivity contribution in [1.82, 2.24) is 10.2 Å². The van der Waals surface area contributed by atoms with Gasteiger partial charge in [-0.2, -0.15) is 0 Å². The molecular formula is C22H27Cl2N3O5S. The normalized spacial score (nSPS) is 14.7. The van der Waals surface area contributed by atoms with Crippen LogP contribution < -0.4 is 14.4 Å². The average Bonchev–Trinajstić information content (AvgIpc) is 2.80. The van der Waals surface area contributed by atoms with Gasteiger partial charge < -0.3 is 14.8 Å². The van der Waals surface area contributed by atoms with E-state index in [1.807, 2.05) is 0 Å². The Hall–Kier alpha value is -2.04. The van der Waals surface area contributed by atoms with Crippen molar-refractivity contribution < 1.29 is 22.7 Å². The Bertz CT molecular complexity index is 1090. The molecule has 0 unspecified atom stereocenters. The SMILES string of the molecule is COc1ccc(C)cc1S(=O)(=O)N(CC(=O)NCCN1CCOCC1)c1ccc(Cl)c(Cl)c1. The lowest BCUT2D eigenvalue weighted by atomic mass is 10.2. The standard InChI is InChI=1S/C22H27Cl2N3O5S/c1-16-3-6-20(31-2)21(13-16)33(29,30)27(17-4-5-18(23)19(24)14-17)15-22(28)25-7-8-26-9-11-32-12-10-26/h3-6,13-14H,7-12,15H2,1-2H3,(H,25,28). The van der Waals surface area contributed by atoms with Crippen LogP contribution in [0.5, 0.6) is 5.75 Å². The molecule has 0 spiro atoms. The Morgan fingerprint density at radius 2 is 1.88 bits per heavy atom. The van der Waals surface area contributed by atoms with E-state index in [0.29, 0.717) is 26.3 Å². The number of benzene rings is 2. The fraction of sp³-hybridized carbons (Fsp3) is 0.409. The molecule has 1 saturated heterocycles. The Morgan fingerprint density at radius 3 is 2.55 bits per heavy atom. The molecule has 180 valence electrons. The number of anilines is 1. The highest BCUT2D eigenvalue weighted by atomic mass is 35.5. The van der Waals surface area contributed by atoms with Gasteiger partial charge in [0.2, 0.25) is 5.91 Å². The number of rotatable bonds is 9. The second kappa shape index (κ2) is 11.4. The summed E-state index contributed by atoms with van der Waals surface area (Å²) in [5, 5.41) is 3.26. The molecule has 1 fully saturated rings. The van der Waals surface area contributed by atoms with Crippen molar-refractivity contribution in [2.45, 2.75) is 11.8 Å². The van der Waals surface area contributed by atoms with Crippen LogP contribution in [0.25, 0.3) is 0 Å². The molecular weight excluding hydrogens is 489 g/mol. The third-order valence-corrected chi connectivity index (χ3v) is 7.75. The summed E-state index contributed by atoms with van der Waals surface area (Å²) in [6, 6.07) is 9.26. The van der Waals surface area contributed by atoms with E-state index in [-0.39, 0.29) is 26.4 Å². The molecule has 0 bridgehead atoms. The quantitative estimate of drug-likeness (QED) is 0.552. The van der Waals surface area contributed by atoms with Crippen LogP contribution in [-0.2, 0) is 19.6 Å². The van der Waals surface area contributed by atoms with Crippen LogP contribution >= 0.6 is 23.2 Å². The molecule has 0 radical (unpaired) electrons. The lowest BCUT2D eigenvalue weighted by Crippen LogP contribution is -2.45. The predicted molar refractivity (Wildman–Crippen MR) is 129 cm³/mol. The summed E-state index contributed by atoms with van der Waals surface area (Å²) in [5.74, 6) is -0.261. The van der Waals surface area contributed by atoms with Crippen molar-refractivity contribution in [2.24, 2.45) is 0 Å². The minimum Gasteiger partial charge on any atom is -0.495 e. The summed E-state index contributed by atoms with van der Waals surface area (Å²) >= 11 is 12.2. The van der Waals surface area contributed by atoms with Crippen molar-refractivity contribution in [3.8, 4) is 5.75 Å². The van der Waals surface area contributed by atoms with Crippen molar-refractivity contribution in [3.63, 3.8) is 0 Å². The van der Waals surface area contributed by atoms with E-state index < -0.39 is 22.5 Å². The Kier molecular flexibility index (Phi) is 8.83. The van der Waals surface area contributed by atoms with Gasteiger partial charge in [0.1, 0.15) is 17.2 Å². The number of sulfonamides is 1. The van der Waals surface area contributed by atoms with Gasteiger partial charge in [-0.1, -0.05) is 29.3 Å². The lowest BCUT2D eigenvalue weighted by Gasteiger charge is -2.27. The summed E-state index contributed by atoms with van der Waals surface area (Å²) in [4.78, 5) is 14.9. The molecule has 33 heavy (non-hydrogen) atoms. The number of amides is 1. The molecule has 2 aromatic rings. The van der Waals surface area contributed by atoms with E-state index in [2.05, 4.69) is 10.2 Å². The number of aryl methyl sites for hydroxylation is 1. The van der Waals surface area contributed by atoms with Crippen LogP contribution in [0, 0.1) is 6.92 Å². The first kappa shape index (κ1) is 25.6. The molecule has 0 aliphatic carbocycles. The zero-order valence-corrected chi connectivity index (χ0v) is 20.8. The van der Waals surface area contributed by atoms with Crippen molar-refractivity contribution >= 4 is 44.8 Å². The molecule has 1 heterocycles. The summed E-state index contributed by atoms with van der Waals surface area (Å²) in [7, 11) is -2.78. The Morgan fingerprint density at radius 1 is 1.15 bits per heavy atom. The lowest BCUT2D eigenvalue weighted by molar-refractivity contribution is -0.119. The minimum absolute atomic E-state index is 0.0443. The zero-order valence-electron chi connectivity index (χ0n) is 18.5. The smallest absolute Gasteiger partial charge is 0.268 e. The second-order valence-corrected chi connectivity index (χ2v) is 10.2. The van der Waals surface area contributed by atoms with Crippen LogP contribution in [-0.4, -0.2) is 72.3 Å². The molecule has 1 aliphatic rings. The van der Waals surface area contributed by atoms with Gasteiger partial charge in [0.05, 0.1) is 36.1 Å². The molecule has 3 rings (SSSR count). The average molecular weight is 516 g/mol. The van der Waals surface area contributed by atoms with E-state index in [1.165, 1.54) is 31.4 Å². The number of halogens is 2. The highest BCUT2D eigenvalue weighted by Gasteiger charge is 2.30. The Labute approximate surface area is 204 Å². The minimum atomic E-state index is -4.17. The predicted octanol–water partition coefficient (Wildman–Crippen LogP) is 2.95. The number of nitrogens with zero attached hydrogens (tertiary/aromatic N) is 2. The van der Waals surface area contributed by atoms with E-state index in [4.69, 9.17) is 32.7 Å². The number of hydrogen-bond acceptors (Lipinski definition) is 6. The second-order valence-electron chi connectivity index (χ2n) is 7.57. The van der Waals surface area contributed by atoms with Gasteiger partial charge >= 0.3 is 0 Å². The first-order valence-electron chi connectivity index (χ1n) is 10.4. The van der Waals surface area contributed by atoms with Gasteiger partial charge in [0, 0.05) is 26.2 Å². The van der Waals surface area contributed by atoms with Crippen molar-refractivity contribution in [2.75, 3.05) is 57.4 Å². The van der Waals surface area contributed by atoms with Crippen LogP contribution in [0.1, 0.15) is 5.56 Å². The summed E-state index contributed by atoms with van der Waals surface area (Å²) in [5.41, 5.74) is 0.953. The van der Waals surface area contributed by atoms with Gasteiger partial charge in [0.25, 0.3) is 10.0 Å². The fourth-order valence-electron chi connectivity index (χ4n) is 3.42. The third kappa shape index (κ3) is 6.51. The maximum atomic E-state index is 13.7. The number of hydrogen-bond donors (Lipinski definition) is 1. The van der Waals surface area contributed by atoms with Crippen LogP contribution in [0.2, 0.25) is 10.0 Å². The van der Waals surface area contributed by atoms with E-state index in [0.717, 1.165) is 23.0 Å². The molecule has 2 aromatic carbocycles. The molecule has 0 saturated carbocycles. The first-order chi connectivity index (χ1) is 15.7. The van der Waals surface area contributed by atoms with E-state index in [9.17, 15) is 13.2 Å². The topological polar surface area (TPSA) is 88.2 Å². The first-order valence-corrected chi connectivity index (χ1v) is 12.6. The van der Waals surface area contributed by atoms with Gasteiger partial charge in [-0.05, 0) is 42.8 Å². The summed E-state index contributed by atoms with van der Waals surface area (Å²) < 4.78 is 39.0. The number of carbonyl (C=O) groups excluding carboxylic acids is 1. The third-order valence-electron chi connectivity index (χ3n) is 5.22. The van der Waals surface area contributed by atoms with Crippen LogP contribution in [0.3, 0.4) is 0 Å². The number of ether oxygens (including phenoxy) is 2. The monoisotopic (exact) mass is 515 g/mol. The highest BCUT2D eigenvalue weighted by molar-refractivity contribution is 7.93. The van der Waals surface area contributed by atoms with E-state index >= 15 is 0 Å². The van der Waals surface area contributed by atoms with Gasteiger partial charge in [0.15, 0.2) is 0 Å². The maximum absolute atomic E-state index is 13.7. The van der Waals surface area contributed by atoms with Crippen LogP contribution in [0.4, 0.5) is 5.69 Å². The highest BCUT2D eigenvalue weighted by Crippen LogP contribution is 2.33. The van der Waals surface area contributed by atoms with Crippen molar-refractivity contribution in [1.29, 1.82) is 0 Å². The molecule has 0 aromatic heterocycles. The molecule has 8 nitrogen and oxygen atoms in total. The molecule has 1 amide bonds. The van der Waals surface area contributed by atoms with Gasteiger partial charge in [-0.3, -0.25) is 14.0 Å².